The van der Waals surface area contributed by atoms with Crippen LogP contribution in [-0.4, -0.2) is 72.4 Å². The molecular weight excluding hydrogens is 627 g/mol. The number of thioether (sulfide) groups is 1. The van der Waals surface area contributed by atoms with Gasteiger partial charge in [0.05, 0.1) is 42.4 Å². The second-order valence-electron chi connectivity index (χ2n) is 12.7. The number of H-pyrrole nitrogens is 1. The van der Waals surface area contributed by atoms with Gasteiger partial charge in [-0.05, 0) is 67.9 Å². The number of hydrogen-bond acceptors (Lipinski definition) is 9. The number of fused-ring (bicyclic) bond motifs is 9. The zero-order valence-electron chi connectivity index (χ0n) is 25.6. The van der Waals surface area contributed by atoms with Crippen LogP contribution in [0.2, 0.25) is 0 Å². The maximum absolute atomic E-state index is 14.0. The fraction of sp³-hybridized carbons (Fsp3) is 0.471. The molecule has 1 aromatic heterocycles. The van der Waals surface area contributed by atoms with E-state index in [-0.39, 0.29) is 70.0 Å². The van der Waals surface area contributed by atoms with E-state index in [1.807, 2.05) is 56.3 Å². The van der Waals surface area contributed by atoms with Crippen LogP contribution in [0.25, 0.3) is 0 Å². The van der Waals surface area contributed by atoms with Gasteiger partial charge in [0.1, 0.15) is 0 Å². The van der Waals surface area contributed by atoms with Gasteiger partial charge in [-0.3, -0.25) is 24.1 Å². The van der Waals surface area contributed by atoms with Crippen molar-refractivity contribution in [2.45, 2.75) is 36.5 Å². The predicted molar refractivity (Wildman–Crippen MR) is 173 cm³/mol. The average molecular weight is 662 g/mol. The Morgan fingerprint density at radius 1 is 0.978 bits per heavy atom. The summed E-state index contributed by atoms with van der Waals surface area (Å²) >= 11 is 2.89. The van der Waals surface area contributed by atoms with Gasteiger partial charge in [0, 0.05) is 29.1 Å². The molecule has 3 aromatic rings. The highest BCUT2D eigenvalue weighted by Crippen LogP contribution is 2.68. The lowest BCUT2D eigenvalue weighted by molar-refractivity contribution is -0.137. The molecule has 3 amide bonds. The number of thiazole rings is 1. The van der Waals surface area contributed by atoms with Crippen LogP contribution in [0.15, 0.2) is 52.3 Å². The lowest BCUT2D eigenvalue weighted by atomic mass is 9.68. The Morgan fingerprint density at radius 3 is 2.46 bits per heavy atom. The zero-order valence-corrected chi connectivity index (χ0v) is 27.2. The summed E-state index contributed by atoms with van der Waals surface area (Å²) in [5, 5.41) is 0.938. The number of carbonyl (C=O) groups excluding carboxylic acids is 3. The van der Waals surface area contributed by atoms with Crippen LogP contribution in [0.1, 0.15) is 35.3 Å². The van der Waals surface area contributed by atoms with Crippen molar-refractivity contribution < 1.29 is 28.6 Å². The van der Waals surface area contributed by atoms with E-state index in [1.165, 1.54) is 16.2 Å². The smallest absolute Gasteiger partial charge is 0.305 e. The van der Waals surface area contributed by atoms with E-state index in [0.717, 1.165) is 27.5 Å². The number of benzene rings is 2. The van der Waals surface area contributed by atoms with Crippen LogP contribution in [0, 0.1) is 36.5 Å². The number of rotatable bonds is 7. The van der Waals surface area contributed by atoms with Crippen LogP contribution in [0.3, 0.4) is 0 Å². The lowest BCUT2D eigenvalue weighted by Crippen LogP contribution is -2.43. The van der Waals surface area contributed by atoms with Gasteiger partial charge in [-0.1, -0.05) is 35.1 Å². The Hall–Kier alpha value is -3.61. The van der Waals surface area contributed by atoms with Crippen molar-refractivity contribution in [3.63, 3.8) is 0 Å². The summed E-state index contributed by atoms with van der Waals surface area (Å²) in [5.41, 5.74) is 2.67. The van der Waals surface area contributed by atoms with Crippen molar-refractivity contribution in [1.29, 1.82) is 0 Å². The molecule has 0 spiro atoms. The molecule has 3 aliphatic heterocycles. The highest BCUT2D eigenvalue weighted by molar-refractivity contribution is 8.00. The second-order valence-corrected chi connectivity index (χ2v) is 14.9. The van der Waals surface area contributed by atoms with E-state index in [4.69, 9.17) is 14.2 Å². The number of nitrogens with one attached hydrogen (secondary N) is 1. The number of anilines is 1. The van der Waals surface area contributed by atoms with E-state index in [2.05, 4.69) is 4.98 Å². The quantitative estimate of drug-likeness (QED) is 0.377. The highest BCUT2D eigenvalue weighted by Gasteiger charge is 2.69. The number of aromatic nitrogens is 1. The van der Waals surface area contributed by atoms with Crippen LogP contribution in [0.4, 0.5) is 5.69 Å². The molecule has 1 N–H and O–H groups in total. The first kappa shape index (κ1) is 29.8. The molecule has 12 heteroatoms. The van der Waals surface area contributed by atoms with Crippen molar-refractivity contribution in [1.82, 2.24) is 9.88 Å². The van der Waals surface area contributed by atoms with Gasteiger partial charge in [0.15, 0.2) is 18.1 Å². The number of ether oxygens (including phenoxy) is 3. The minimum absolute atomic E-state index is 0.00682. The molecule has 8 rings (SSSR count). The topological polar surface area (TPSA) is 118 Å². The summed E-state index contributed by atoms with van der Waals surface area (Å²) in [6.45, 7) is 6.32. The molecule has 2 aliphatic carbocycles. The molecule has 0 unspecified atom stereocenters. The number of morpholine rings is 1. The third kappa shape index (κ3) is 4.71. The van der Waals surface area contributed by atoms with Crippen LogP contribution >= 0.6 is 23.1 Å². The Kier molecular flexibility index (Phi) is 7.49. The molecule has 46 heavy (non-hydrogen) atoms. The summed E-state index contributed by atoms with van der Waals surface area (Å²) in [5.74, 6) is -0.0561. The molecule has 2 bridgehead atoms. The van der Waals surface area contributed by atoms with Crippen molar-refractivity contribution in [3.8, 4) is 11.5 Å². The number of hydrogen-bond donors (Lipinski definition) is 1. The van der Waals surface area contributed by atoms with Gasteiger partial charge in [-0.2, -0.15) is 0 Å². The molecule has 2 saturated heterocycles. The standard InChI is InChI=1S/C34H35N3O7S2/c1-3-43-23-14-18(6-9-22(23)44-16-24(38)36-10-12-42-13-11-36)25-26-20-15-21(29(26)45-31-30(25)46-34(41)35-31)28-27(20)32(39)37(33(28)40)19-7-4-17(2)5-8-19/h4-9,14,20-21,25-29H,3,10-13,15-16H2,1-2H3,(H,35,41)/t20-,21-,25+,26-,27+,28+,29-/m1/s1. The van der Waals surface area contributed by atoms with Gasteiger partial charge in [0.25, 0.3) is 5.91 Å². The number of imide groups is 1. The van der Waals surface area contributed by atoms with Crippen molar-refractivity contribution in [2.75, 3.05) is 44.4 Å². The van der Waals surface area contributed by atoms with Gasteiger partial charge in [-0.15, -0.1) is 11.8 Å². The first-order valence-electron chi connectivity index (χ1n) is 15.9. The molecule has 4 fully saturated rings. The van der Waals surface area contributed by atoms with Crippen molar-refractivity contribution >= 4 is 46.5 Å². The van der Waals surface area contributed by atoms with Crippen molar-refractivity contribution in [3.05, 3.63) is 68.1 Å². The summed E-state index contributed by atoms with van der Waals surface area (Å²) in [6, 6.07) is 13.4. The molecule has 10 nitrogen and oxygen atoms in total. The third-order valence-corrected chi connectivity index (χ3v) is 12.9. The maximum atomic E-state index is 14.0. The average Bonchev–Trinajstić information content (AvgIpc) is 3.80. The van der Waals surface area contributed by atoms with E-state index in [9.17, 15) is 19.2 Å². The Labute approximate surface area is 274 Å². The molecule has 5 aliphatic rings. The number of nitrogens with zero attached hydrogens (tertiary/aromatic N) is 2. The van der Waals surface area contributed by atoms with Crippen molar-refractivity contribution in [2.24, 2.45) is 29.6 Å². The summed E-state index contributed by atoms with van der Waals surface area (Å²) in [7, 11) is 0. The zero-order chi connectivity index (χ0) is 31.7. The Bertz CT molecular complexity index is 1760. The van der Waals surface area contributed by atoms with E-state index >= 15 is 0 Å². The monoisotopic (exact) mass is 661 g/mol. The molecule has 4 heterocycles. The van der Waals surface area contributed by atoms with Gasteiger partial charge >= 0.3 is 4.87 Å². The molecule has 0 radical (unpaired) electrons. The SMILES string of the molecule is CCOc1cc([C@@H]2c3sc(=O)[nH]c3S[C@@H]3[C@@H]4C[C@@H]([C@@H]5C(=O)N(c6ccc(C)cc6)C(=O)[C@@H]45)[C@H]23)ccc1OCC(=O)N1CCOCC1. The number of amides is 3. The molecule has 240 valence electrons. The summed E-state index contributed by atoms with van der Waals surface area (Å²) < 4.78 is 17.4. The van der Waals surface area contributed by atoms with Gasteiger partial charge in [-0.25, -0.2) is 0 Å². The van der Waals surface area contributed by atoms with E-state index in [0.29, 0.717) is 50.1 Å². The lowest BCUT2D eigenvalue weighted by Gasteiger charge is -2.43. The Morgan fingerprint density at radius 2 is 1.72 bits per heavy atom. The van der Waals surface area contributed by atoms with Gasteiger partial charge < -0.3 is 24.1 Å². The number of aryl methyl sites for hydroxylation is 1. The molecule has 7 atom stereocenters. The van der Waals surface area contributed by atoms with E-state index in [1.54, 1.807) is 16.7 Å². The predicted octanol–water partition coefficient (Wildman–Crippen LogP) is 4.06. The fourth-order valence-electron chi connectivity index (χ4n) is 8.49. The minimum Gasteiger partial charge on any atom is -0.490 e. The first-order chi connectivity index (χ1) is 22.3. The Balaban J connectivity index is 1.12. The number of carbonyl (C=O) groups is 3. The molecule has 2 aromatic carbocycles. The molecule has 2 saturated carbocycles. The van der Waals surface area contributed by atoms with Crippen LogP contribution in [0.5, 0.6) is 11.5 Å². The first-order valence-corrected chi connectivity index (χ1v) is 17.6. The van der Waals surface area contributed by atoms with E-state index < -0.39 is 0 Å². The molecular formula is C34H35N3O7S2. The van der Waals surface area contributed by atoms with Gasteiger partial charge in [0.2, 0.25) is 11.8 Å². The third-order valence-electron chi connectivity index (χ3n) is 10.4. The van der Waals surface area contributed by atoms with Crippen LogP contribution in [-0.2, 0) is 19.1 Å². The minimum atomic E-state index is -0.375. The second kappa shape index (κ2) is 11.6. The van der Waals surface area contributed by atoms with Crippen LogP contribution < -0.4 is 19.2 Å². The fourth-order valence-corrected chi connectivity index (χ4v) is 11.4. The largest absolute Gasteiger partial charge is 0.490 e. The highest BCUT2D eigenvalue weighted by atomic mass is 32.2. The number of aromatic amines is 1. The maximum Gasteiger partial charge on any atom is 0.305 e. The normalized spacial score (nSPS) is 29.5. The summed E-state index contributed by atoms with van der Waals surface area (Å²) in [6.07, 6.45) is 0.815. The summed E-state index contributed by atoms with van der Waals surface area (Å²) in [4.78, 5) is 60.5.